The average Bonchev–Trinajstić information content (AvgIpc) is 2.84. The van der Waals surface area contributed by atoms with Crippen molar-refractivity contribution in [1.29, 1.82) is 0 Å². The van der Waals surface area contributed by atoms with E-state index in [1.54, 1.807) is 10.7 Å². The van der Waals surface area contributed by atoms with Gasteiger partial charge in [0.1, 0.15) is 11.3 Å². The van der Waals surface area contributed by atoms with Gasteiger partial charge in [0.15, 0.2) is 5.15 Å². The molecule has 3 rings (SSSR count). The van der Waals surface area contributed by atoms with E-state index in [2.05, 4.69) is 20.4 Å². The largest absolute Gasteiger partial charge is 0.350 e. The minimum Gasteiger partial charge on any atom is -0.350 e. The fourth-order valence-electron chi connectivity index (χ4n) is 2.83. The van der Waals surface area contributed by atoms with E-state index in [1.165, 1.54) is 10.6 Å². The van der Waals surface area contributed by atoms with Gasteiger partial charge in [-0.05, 0) is 12.8 Å². The average molecular weight is 373 g/mol. The molecule has 10 heteroatoms. The van der Waals surface area contributed by atoms with Crippen LogP contribution in [-0.2, 0) is 10.0 Å². The van der Waals surface area contributed by atoms with E-state index in [4.69, 9.17) is 11.6 Å². The number of imidazole rings is 1. The summed E-state index contributed by atoms with van der Waals surface area (Å²) in [5, 5.41) is 8.17. The van der Waals surface area contributed by atoms with Crippen LogP contribution < -0.4 is 5.32 Å². The van der Waals surface area contributed by atoms with Crippen molar-refractivity contribution < 1.29 is 8.42 Å². The maximum Gasteiger partial charge on any atom is 0.241 e. The number of hydrogen-bond acceptors (Lipinski definition) is 6. The van der Waals surface area contributed by atoms with Crippen LogP contribution in [0, 0.1) is 0 Å². The van der Waals surface area contributed by atoms with Gasteiger partial charge in [0.05, 0.1) is 12.5 Å². The third-order valence-electron chi connectivity index (χ3n) is 4.15. The molecule has 8 nitrogen and oxygen atoms in total. The molecule has 1 aliphatic heterocycles. The lowest BCUT2D eigenvalue weighted by molar-refractivity contribution is 0.331. The summed E-state index contributed by atoms with van der Waals surface area (Å²) in [7, 11) is -3.12. The summed E-state index contributed by atoms with van der Waals surface area (Å²) in [4.78, 5) is 8.64. The second kappa shape index (κ2) is 6.45. The zero-order valence-electron chi connectivity index (χ0n) is 13.9. The zero-order valence-corrected chi connectivity index (χ0v) is 15.5. The molecule has 1 N–H and O–H groups in total. The van der Waals surface area contributed by atoms with Gasteiger partial charge in [0.25, 0.3) is 0 Å². The van der Waals surface area contributed by atoms with Crippen LogP contribution in [0.5, 0.6) is 0 Å². The molecule has 0 saturated carbocycles. The van der Waals surface area contributed by atoms with Gasteiger partial charge in [-0.15, -0.1) is 5.10 Å². The predicted octanol–water partition coefficient (Wildman–Crippen LogP) is 1.74. The van der Waals surface area contributed by atoms with Gasteiger partial charge >= 0.3 is 0 Å². The van der Waals surface area contributed by atoms with Crippen LogP contribution in [0.15, 0.2) is 6.20 Å². The Kier molecular flexibility index (Phi) is 4.67. The van der Waals surface area contributed by atoms with E-state index >= 15 is 0 Å². The smallest absolute Gasteiger partial charge is 0.241 e. The number of fused-ring (bicyclic) bond motifs is 1. The molecule has 1 aliphatic rings. The van der Waals surface area contributed by atoms with E-state index in [0.717, 1.165) is 18.7 Å². The molecule has 0 unspecified atom stereocenters. The van der Waals surface area contributed by atoms with E-state index in [9.17, 15) is 8.42 Å². The lowest BCUT2D eigenvalue weighted by atomic mass is 10.1. The van der Waals surface area contributed by atoms with Crippen LogP contribution in [-0.4, -0.2) is 57.7 Å². The third kappa shape index (κ3) is 3.47. The highest BCUT2D eigenvalue weighted by atomic mass is 35.5. The Bertz CT molecular complexity index is 842. The number of piperidine rings is 1. The second-order valence-electron chi connectivity index (χ2n) is 6.38. The summed E-state index contributed by atoms with van der Waals surface area (Å²) in [6, 6.07) is 0.141. The number of sulfonamides is 1. The Morgan fingerprint density at radius 2 is 2.00 bits per heavy atom. The van der Waals surface area contributed by atoms with Crippen molar-refractivity contribution in [1.82, 2.24) is 23.9 Å². The van der Waals surface area contributed by atoms with Gasteiger partial charge in [-0.25, -0.2) is 27.2 Å². The van der Waals surface area contributed by atoms with Crippen LogP contribution >= 0.6 is 11.6 Å². The second-order valence-corrected chi connectivity index (χ2v) is 8.72. The van der Waals surface area contributed by atoms with Crippen LogP contribution in [0.4, 0.5) is 5.95 Å². The van der Waals surface area contributed by atoms with Crippen molar-refractivity contribution in [2.75, 3.05) is 24.7 Å². The van der Waals surface area contributed by atoms with Crippen molar-refractivity contribution in [2.24, 2.45) is 0 Å². The molecule has 0 radical (unpaired) electrons. The Labute approximate surface area is 146 Å². The Morgan fingerprint density at radius 3 is 2.58 bits per heavy atom. The van der Waals surface area contributed by atoms with Crippen LogP contribution in [0.2, 0.25) is 5.15 Å². The summed E-state index contributed by atoms with van der Waals surface area (Å²) in [5.74, 6) is 1.47. The highest BCUT2D eigenvalue weighted by molar-refractivity contribution is 7.88. The van der Waals surface area contributed by atoms with Gasteiger partial charge in [-0.1, -0.05) is 25.4 Å². The molecule has 3 heterocycles. The molecule has 0 bridgehead atoms. The first kappa shape index (κ1) is 17.4. The van der Waals surface area contributed by atoms with Gasteiger partial charge in [-0.2, -0.15) is 0 Å². The summed E-state index contributed by atoms with van der Waals surface area (Å²) >= 11 is 6.13. The van der Waals surface area contributed by atoms with Crippen molar-refractivity contribution in [2.45, 2.75) is 38.6 Å². The van der Waals surface area contributed by atoms with Gasteiger partial charge in [0.2, 0.25) is 16.0 Å². The molecule has 0 aromatic carbocycles. The predicted molar refractivity (Wildman–Crippen MR) is 92.9 cm³/mol. The third-order valence-corrected chi connectivity index (χ3v) is 5.73. The fourth-order valence-corrected chi connectivity index (χ4v) is 3.92. The molecule has 24 heavy (non-hydrogen) atoms. The van der Waals surface area contributed by atoms with Crippen molar-refractivity contribution in [3.8, 4) is 0 Å². The Hall–Kier alpha value is -1.45. The van der Waals surface area contributed by atoms with E-state index in [1.807, 2.05) is 13.8 Å². The topological polar surface area (TPSA) is 92.5 Å². The summed E-state index contributed by atoms with van der Waals surface area (Å²) in [5.41, 5.74) is 0.679. The number of aromatic nitrogens is 4. The molecule has 2 aromatic heterocycles. The van der Waals surface area contributed by atoms with Crippen molar-refractivity contribution >= 4 is 33.1 Å². The number of anilines is 1. The Balaban J connectivity index is 1.76. The Morgan fingerprint density at radius 1 is 1.33 bits per heavy atom. The van der Waals surface area contributed by atoms with Crippen molar-refractivity contribution in [3.05, 3.63) is 17.2 Å². The first-order valence-corrected chi connectivity index (χ1v) is 10.1. The maximum absolute atomic E-state index is 11.6. The van der Waals surface area contributed by atoms with Gasteiger partial charge in [0, 0.05) is 25.0 Å². The number of rotatable bonds is 4. The summed E-state index contributed by atoms with van der Waals surface area (Å²) in [6.07, 6.45) is 4.34. The lowest BCUT2D eigenvalue weighted by Gasteiger charge is -2.30. The molecular weight excluding hydrogens is 352 g/mol. The minimum atomic E-state index is -3.12. The molecule has 0 amide bonds. The number of hydrogen-bond donors (Lipinski definition) is 1. The molecule has 1 fully saturated rings. The van der Waals surface area contributed by atoms with E-state index in [-0.39, 0.29) is 12.0 Å². The molecule has 0 atom stereocenters. The summed E-state index contributed by atoms with van der Waals surface area (Å²) in [6.45, 7) is 5.07. The SMILES string of the molecule is CC(C)c1nc(Cl)c2cnc(NC3CCN(S(C)(=O)=O)CC3)nn12. The standard InChI is InChI=1S/C14H21ClN6O2S/c1-9(2)13-18-12(15)11-8-16-14(19-21(11)13)17-10-4-6-20(7-5-10)24(3,22)23/h8-10H,4-7H2,1-3H3,(H,17,19). The van der Waals surface area contributed by atoms with Crippen LogP contribution in [0.1, 0.15) is 38.4 Å². The normalized spacial score (nSPS) is 17.7. The minimum absolute atomic E-state index is 0.141. The molecule has 1 saturated heterocycles. The number of nitrogens with zero attached hydrogens (tertiary/aromatic N) is 5. The van der Waals surface area contributed by atoms with Crippen LogP contribution in [0.25, 0.3) is 5.52 Å². The number of nitrogens with one attached hydrogen (secondary N) is 1. The van der Waals surface area contributed by atoms with E-state index in [0.29, 0.717) is 29.7 Å². The van der Waals surface area contributed by atoms with Crippen LogP contribution in [0.3, 0.4) is 0 Å². The monoisotopic (exact) mass is 372 g/mol. The fraction of sp³-hybridized carbons (Fsp3) is 0.643. The lowest BCUT2D eigenvalue weighted by Crippen LogP contribution is -2.42. The van der Waals surface area contributed by atoms with Gasteiger partial charge < -0.3 is 5.32 Å². The molecule has 0 spiro atoms. The number of halogens is 1. The first-order valence-electron chi connectivity index (χ1n) is 7.88. The molecule has 132 valence electrons. The molecular formula is C14H21ClN6O2S. The van der Waals surface area contributed by atoms with E-state index < -0.39 is 10.0 Å². The molecule has 2 aromatic rings. The van der Waals surface area contributed by atoms with Gasteiger partial charge in [-0.3, -0.25) is 0 Å². The zero-order chi connectivity index (χ0) is 17.5. The first-order chi connectivity index (χ1) is 11.3. The molecule has 0 aliphatic carbocycles. The summed E-state index contributed by atoms with van der Waals surface area (Å²) < 4.78 is 26.3. The quantitative estimate of drug-likeness (QED) is 0.878. The highest BCUT2D eigenvalue weighted by Crippen LogP contribution is 2.23. The highest BCUT2D eigenvalue weighted by Gasteiger charge is 2.25. The maximum atomic E-state index is 11.6. The van der Waals surface area contributed by atoms with Crippen molar-refractivity contribution in [3.63, 3.8) is 0 Å².